The minimum Gasteiger partial charge on any atom is -0.481 e. The first-order chi connectivity index (χ1) is 8.99. The minimum atomic E-state index is -0.835. The molecule has 1 fully saturated rings. The Bertz CT molecular complexity index is 521. The standard InChI is InChI=1S/C13H13ClINO3/c14-10-6-8(3-4-11(10)15)12(17)16-5-1-2-9(7-16)13(18)19/h3-4,6,9H,1-2,5,7H2,(H,18,19)/t9-/m0/s1. The van der Waals surface area contributed by atoms with E-state index in [1.54, 1.807) is 23.1 Å². The van der Waals surface area contributed by atoms with Crippen LogP contribution in [0, 0.1) is 9.49 Å². The number of carbonyl (C=O) groups is 2. The average Bonchev–Trinajstić information content (AvgIpc) is 2.41. The van der Waals surface area contributed by atoms with Crippen LogP contribution in [-0.4, -0.2) is 35.0 Å². The van der Waals surface area contributed by atoms with Crippen LogP contribution in [0.2, 0.25) is 5.02 Å². The molecule has 0 bridgehead atoms. The van der Waals surface area contributed by atoms with Crippen LogP contribution in [0.3, 0.4) is 0 Å². The van der Waals surface area contributed by atoms with Crippen molar-refractivity contribution in [3.63, 3.8) is 0 Å². The molecule has 1 heterocycles. The smallest absolute Gasteiger partial charge is 0.308 e. The minimum absolute atomic E-state index is 0.149. The lowest BCUT2D eigenvalue weighted by Gasteiger charge is -2.30. The highest BCUT2D eigenvalue weighted by Gasteiger charge is 2.28. The van der Waals surface area contributed by atoms with Gasteiger partial charge in [0.2, 0.25) is 0 Å². The molecule has 1 amide bonds. The summed E-state index contributed by atoms with van der Waals surface area (Å²) in [5.41, 5.74) is 0.511. The Morgan fingerprint density at radius 3 is 2.79 bits per heavy atom. The maximum atomic E-state index is 12.3. The SMILES string of the molecule is O=C(O)[C@H]1CCCN(C(=O)c2ccc(I)c(Cl)c2)C1. The topological polar surface area (TPSA) is 57.6 Å². The summed E-state index contributed by atoms with van der Waals surface area (Å²) in [5, 5.41) is 9.57. The maximum absolute atomic E-state index is 12.3. The van der Waals surface area contributed by atoms with Crippen molar-refractivity contribution in [2.24, 2.45) is 5.92 Å². The second kappa shape index (κ2) is 6.09. The highest BCUT2D eigenvalue weighted by atomic mass is 127. The molecule has 1 N–H and O–H groups in total. The van der Waals surface area contributed by atoms with E-state index >= 15 is 0 Å². The highest BCUT2D eigenvalue weighted by molar-refractivity contribution is 14.1. The Morgan fingerprint density at radius 2 is 2.16 bits per heavy atom. The van der Waals surface area contributed by atoms with Crippen molar-refractivity contribution in [3.05, 3.63) is 32.4 Å². The first-order valence-electron chi connectivity index (χ1n) is 5.96. The molecule has 6 heteroatoms. The van der Waals surface area contributed by atoms with Crippen LogP contribution in [-0.2, 0) is 4.79 Å². The van der Waals surface area contributed by atoms with Crippen LogP contribution in [0.25, 0.3) is 0 Å². The van der Waals surface area contributed by atoms with Gasteiger partial charge in [0.15, 0.2) is 0 Å². The second-order valence-electron chi connectivity index (χ2n) is 4.56. The number of nitrogens with zero attached hydrogens (tertiary/aromatic N) is 1. The fraction of sp³-hybridized carbons (Fsp3) is 0.385. The molecule has 0 radical (unpaired) electrons. The van der Waals surface area contributed by atoms with E-state index in [2.05, 4.69) is 22.6 Å². The summed E-state index contributed by atoms with van der Waals surface area (Å²) in [7, 11) is 0. The molecule has 1 aliphatic heterocycles. The van der Waals surface area contributed by atoms with Crippen LogP contribution in [0.15, 0.2) is 18.2 Å². The van der Waals surface area contributed by atoms with Gasteiger partial charge in [0.25, 0.3) is 5.91 Å². The first-order valence-corrected chi connectivity index (χ1v) is 7.42. The van der Waals surface area contributed by atoms with E-state index in [0.29, 0.717) is 23.6 Å². The average molecular weight is 394 g/mol. The largest absolute Gasteiger partial charge is 0.481 e. The summed E-state index contributed by atoms with van der Waals surface area (Å²) in [5.74, 6) is -1.44. The van der Waals surface area contributed by atoms with E-state index < -0.39 is 11.9 Å². The fourth-order valence-electron chi connectivity index (χ4n) is 2.17. The van der Waals surface area contributed by atoms with Crippen molar-refractivity contribution >= 4 is 46.1 Å². The van der Waals surface area contributed by atoms with E-state index in [9.17, 15) is 9.59 Å². The highest BCUT2D eigenvalue weighted by Crippen LogP contribution is 2.23. The molecule has 102 valence electrons. The number of aliphatic carboxylic acids is 1. The molecule has 1 aromatic carbocycles. The molecule has 0 unspecified atom stereocenters. The lowest BCUT2D eigenvalue weighted by Crippen LogP contribution is -2.42. The van der Waals surface area contributed by atoms with Gasteiger partial charge in [-0.3, -0.25) is 9.59 Å². The Labute approximate surface area is 129 Å². The van der Waals surface area contributed by atoms with E-state index in [1.807, 2.05) is 0 Å². The molecule has 0 aliphatic carbocycles. The number of likely N-dealkylation sites (tertiary alicyclic amines) is 1. The van der Waals surface area contributed by atoms with Gasteiger partial charge in [0.05, 0.1) is 10.9 Å². The summed E-state index contributed by atoms with van der Waals surface area (Å²) in [6, 6.07) is 5.14. The van der Waals surface area contributed by atoms with E-state index in [0.717, 1.165) is 9.99 Å². The van der Waals surface area contributed by atoms with Crippen LogP contribution < -0.4 is 0 Å². The van der Waals surface area contributed by atoms with Gasteiger partial charge in [-0.2, -0.15) is 0 Å². The summed E-state index contributed by atoms with van der Waals surface area (Å²) in [4.78, 5) is 24.9. The third-order valence-electron chi connectivity index (χ3n) is 3.22. The first kappa shape index (κ1) is 14.6. The van der Waals surface area contributed by atoms with Gasteiger partial charge in [-0.05, 0) is 53.6 Å². The molecule has 4 nitrogen and oxygen atoms in total. The number of benzene rings is 1. The van der Waals surface area contributed by atoms with Gasteiger partial charge in [0.1, 0.15) is 0 Å². The van der Waals surface area contributed by atoms with Crippen molar-refractivity contribution in [3.8, 4) is 0 Å². The Morgan fingerprint density at radius 1 is 1.42 bits per heavy atom. The molecule has 0 aromatic heterocycles. The number of carbonyl (C=O) groups excluding carboxylic acids is 1. The lowest BCUT2D eigenvalue weighted by atomic mass is 9.97. The summed E-state index contributed by atoms with van der Waals surface area (Å²) < 4.78 is 0.887. The number of amides is 1. The zero-order chi connectivity index (χ0) is 14.0. The van der Waals surface area contributed by atoms with Gasteiger partial charge < -0.3 is 10.0 Å². The van der Waals surface area contributed by atoms with Crippen LogP contribution >= 0.6 is 34.2 Å². The van der Waals surface area contributed by atoms with Crippen molar-refractivity contribution in [2.75, 3.05) is 13.1 Å². The zero-order valence-corrected chi connectivity index (χ0v) is 13.0. The number of hydrogen-bond donors (Lipinski definition) is 1. The number of rotatable bonds is 2. The Balaban J connectivity index is 2.14. The third kappa shape index (κ3) is 3.39. The monoisotopic (exact) mass is 393 g/mol. The number of halogens is 2. The number of piperidine rings is 1. The molecular weight excluding hydrogens is 381 g/mol. The third-order valence-corrected chi connectivity index (χ3v) is 4.80. The van der Waals surface area contributed by atoms with Crippen molar-refractivity contribution in [1.82, 2.24) is 4.90 Å². The van der Waals surface area contributed by atoms with Gasteiger partial charge in [-0.25, -0.2) is 0 Å². The van der Waals surface area contributed by atoms with Crippen molar-refractivity contribution in [2.45, 2.75) is 12.8 Å². The van der Waals surface area contributed by atoms with Crippen LogP contribution in [0.1, 0.15) is 23.2 Å². The van der Waals surface area contributed by atoms with E-state index in [1.165, 1.54) is 0 Å². The van der Waals surface area contributed by atoms with Gasteiger partial charge in [-0.15, -0.1) is 0 Å². The van der Waals surface area contributed by atoms with E-state index in [4.69, 9.17) is 16.7 Å². The molecule has 1 atom stereocenters. The number of carboxylic acid groups (broad SMARTS) is 1. The Kier molecular flexibility index (Phi) is 4.67. The van der Waals surface area contributed by atoms with Crippen molar-refractivity contribution < 1.29 is 14.7 Å². The molecule has 1 aliphatic rings. The summed E-state index contributed by atoms with van der Waals surface area (Å²) >= 11 is 8.10. The van der Waals surface area contributed by atoms with Crippen LogP contribution in [0.4, 0.5) is 0 Å². The second-order valence-corrected chi connectivity index (χ2v) is 6.13. The molecule has 19 heavy (non-hydrogen) atoms. The lowest BCUT2D eigenvalue weighted by molar-refractivity contribution is -0.143. The predicted molar refractivity (Wildman–Crippen MR) is 80.4 cm³/mol. The molecular formula is C13H13ClINO3. The zero-order valence-electron chi connectivity index (χ0n) is 10.1. The van der Waals surface area contributed by atoms with Gasteiger partial charge in [0, 0.05) is 22.2 Å². The van der Waals surface area contributed by atoms with Gasteiger partial charge in [-0.1, -0.05) is 11.6 Å². The Hall–Kier alpha value is -0.820. The summed E-state index contributed by atoms with van der Waals surface area (Å²) in [6.07, 6.45) is 1.35. The quantitative estimate of drug-likeness (QED) is 0.786. The van der Waals surface area contributed by atoms with Crippen molar-refractivity contribution in [1.29, 1.82) is 0 Å². The molecule has 2 rings (SSSR count). The molecule has 1 aromatic rings. The number of hydrogen-bond acceptors (Lipinski definition) is 2. The number of carboxylic acids is 1. The normalized spacial score (nSPS) is 19.3. The maximum Gasteiger partial charge on any atom is 0.308 e. The van der Waals surface area contributed by atoms with E-state index in [-0.39, 0.29) is 12.5 Å². The molecule has 1 saturated heterocycles. The fourth-order valence-corrected chi connectivity index (χ4v) is 2.69. The van der Waals surface area contributed by atoms with Crippen LogP contribution in [0.5, 0.6) is 0 Å². The summed E-state index contributed by atoms with van der Waals surface area (Å²) in [6.45, 7) is 0.879. The predicted octanol–water partition coefficient (Wildman–Crippen LogP) is 2.88. The molecule has 0 spiro atoms. The van der Waals surface area contributed by atoms with Gasteiger partial charge >= 0.3 is 5.97 Å². The molecule has 0 saturated carbocycles.